The number of fused-ring (bicyclic) bond motifs is 1. The molecule has 2 aromatic carbocycles. The lowest BCUT2D eigenvalue weighted by atomic mass is 10.1. The highest BCUT2D eigenvalue weighted by atomic mass is 35.5. The average molecular weight is 487 g/mol. The second-order valence-electron chi connectivity index (χ2n) is 8.07. The van der Waals surface area contributed by atoms with Crippen molar-refractivity contribution in [3.8, 4) is 0 Å². The summed E-state index contributed by atoms with van der Waals surface area (Å²) in [6.07, 6.45) is 4.80. The minimum Gasteiger partial charge on any atom is -0.340 e. The van der Waals surface area contributed by atoms with Crippen LogP contribution >= 0.6 is 12.4 Å². The molecule has 8 nitrogen and oxygen atoms in total. The van der Waals surface area contributed by atoms with E-state index in [2.05, 4.69) is 30.2 Å². The topological polar surface area (TPSA) is 99.2 Å². The number of nitrogens with one attached hydrogen (secondary N) is 3. The van der Waals surface area contributed by atoms with Gasteiger partial charge in [-0.25, -0.2) is 13.4 Å². The summed E-state index contributed by atoms with van der Waals surface area (Å²) < 4.78 is 28.3. The third-order valence-electron chi connectivity index (χ3n) is 5.83. The Morgan fingerprint density at radius 3 is 2.42 bits per heavy atom. The van der Waals surface area contributed by atoms with Gasteiger partial charge in [-0.3, -0.25) is 4.72 Å². The van der Waals surface area contributed by atoms with Crippen LogP contribution in [0, 0.1) is 0 Å². The van der Waals surface area contributed by atoms with Crippen molar-refractivity contribution in [2.24, 2.45) is 0 Å². The molecule has 2 aliphatic rings. The molecule has 3 N–H and O–H groups in total. The van der Waals surface area contributed by atoms with Gasteiger partial charge in [0.15, 0.2) is 0 Å². The first kappa shape index (κ1) is 23.3. The van der Waals surface area contributed by atoms with E-state index in [9.17, 15) is 8.42 Å². The average Bonchev–Trinajstić information content (AvgIpc) is 3.29. The molecule has 174 valence electrons. The molecule has 10 heteroatoms. The van der Waals surface area contributed by atoms with E-state index in [0.29, 0.717) is 22.3 Å². The van der Waals surface area contributed by atoms with Crippen molar-refractivity contribution in [1.29, 1.82) is 0 Å². The van der Waals surface area contributed by atoms with Crippen LogP contribution in [0.3, 0.4) is 0 Å². The Bertz CT molecular complexity index is 1210. The highest BCUT2D eigenvalue weighted by molar-refractivity contribution is 7.92. The smallest absolute Gasteiger partial charge is 0.261 e. The minimum atomic E-state index is -3.63. The molecule has 1 fully saturated rings. The first-order chi connectivity index (χ1) is 15.6. The molecule has 0 saturated carbocycles. The van der Waals surface area contributed by atoms with Crippen molar-refractivity contribution in [1.82, 2.24) is 15.3 Å². The number of hydrogen-bond acceptors (Lipinski definition) is 7. The molecule has 0 radical (unpaired) electrons. The number of sulfonamides is 1. The van der Waals surface area contributed by atoms with Crippen molar-refractivity contribution in [3.63, 3.8) is 0 Å². The maximum atomic E-state index is 12.8. The molecule has 2 heterocycles. The molecule has 0 spiro atoms. The lowest BCUT2D eigenvalue weighted by Crippen LogP contribution is -2.44. The van der Waals surface area contributed by atoms with Crippen LogP contribution in [0.2, 0.25) is 0 Å². The van der Waals surface area contributed by atoms with Crippen LogP contribution < -0.4 is 20.3 Å². The SMILES string of the molecule is Cl.O=S(=O)(Nc1ccc(Nc2ccnc(N3CCNCC3)n2)cc1)c1ccc2c(c1)CCC2. The minimum absolute atomic E-state index is 0. The summed E-state index contributed by atoms with van der Waals surface area (Å²) in [7, 11) is -3.63. The Balaban J connectivity index is 0.00000259. The van der Waals surface area contributed by atoms with E-state index in [1.807, 2.05) is 24.3 Å². The molecular weight excluding hydrogens is 460 g/mol. The zero-order valence-electron chi connectivity index (χ0n) is 18.1. The summed E-state index contributed by atoms with van der Waals surface area (Å²) in [5.41, 5.74) is 3.72. The van der Waals surface area contributed by atoms with Crippen LogP contribution in [0.1, 0.15) is 17.5 Å². The van der Waals surface area contributed by atoms with Crippen molar-refractivity contribution >= 4 is 45.6 Å². The molecule has 1 saturated heterocycles. The first-order valence-corrected chi connectivity index (χ1v) is 12.4. The molecule has 0 amide bonds. The maximum absolute atomic E-state index is 12.8. The number of rotatable bonds is 6. The number of aromatic nitrogens is 2. The summed E-state index contributed by atoms with van der Waals surface area (Å²) >= 11 is 0. The summed E-state index contributed by atoms with van der Waals surface area (Å²) in [5, 5.41) is 6.58. The van der Waals surface area contributed by atoms with Gasteiger partial charge in [0.2, 0.25) is 5.95 Å². The Kier molecular flexibility index (Phi) is 7.02. The molecule has 1 aliphatic carbocycles. The summed E-state index contributed by atoms with van der Waals surface area (Å²) in [6, 6.07) is 14.4. The Morgan fingerprint density at radius 1 is 0.909 bits per heavy atom. The standard InChI is InChI=1S/C23H26N6O2S.ClH/c30-32(31,21-9-4-17-2-1-3-18(17)16-21)28-20-7-5-19(6-8-20)26-22-10-11-25-23(27-22)29-14-12-24-13-15-29;/h4-11,16,24,28H,1-3,12-15H2,(H,25,26,27);1H. The molecular formula is C23H27ClN6O2S. The largest absolute Gasteiger partial charge is 0.340 e. The Hall–Kier alpha value is -2.88. The van der Waals surface area contributed by atoms with E-state index >= 15 is 0 Å². The van der Waals surface area contributed by atoms with E-state index in [4.69, 9.17) is 0 Å². The van der Waals surface area contributed by atoms with Gasteiger partial charge in [0.1, 0.15) is 5.82 Å². The van der Waals surface area contributed by atoms with Gasteiger partial charge in [0.05, 0.1) is 4.90 Å². The van der Waals surface area contributed by atoms with Gasteiger partial charge in [-0.15, -0.1) is 12.4 Å². The third kappa shape index (κ3) is 5.38. The second-order valence-corrected chi connectivity index (χ2v) is 9.75. The first-order valence-electron chi connectivity index (χ1n) is 10.9. The number of anilines is 4. The van der Waals surface area contributed by atoms with Gasteiger partial charge in [-0.05, 0) is 72.9 Å². The second kappa shape index (κ2) is 9.94. The predicted molar refractivity (Wildman–Crippen MR) is 133 cm³/mol. The van der Waals surface area contributed by atoms with Crippen molar-refractivity contribution in [2.45, 2.75) is 24.2 Å². The Labute approximate surface area is 200 Å². The fraction of sp³-hybridized carbons (Fsp3) is 0.304. The zero-order chi connectivity index (χ0) is 22.0. The van der Waals surface area contributed by atoms with Crippen LogP contribution in [-0.2, 0) is 22.9 Å². The van der Waals surface area contributed by atoms with Crippen LogP contribution in [0.25, 0.3) is 0 Å². The van der Waals surface area contributed by atoms with E-state index in [1.54, 1.807) is 30.5 Å². The zero-order valence-corrected chi connectivity index (χ0v) is 19.8. The number of benzene rings is 2. The number of halogens is 1. The van der Waals surface area contributed by atoms with Gasteiger partial charge in [0, 0.05) is 43.8 Å². The fourth-order valence-corrected chi connectivity index (χ4v) is 5.24. The number of piperazine rings is 1. The molecule has 3 aromatic rings. The molecule has 33 heavy (non-hydrogen) atoms. The molecule has 0 bridgehead atoms. The third-order valence-corrected chi connectivity index (χ3v) is 7.21. The number of nitrogens with zero attached hydrogens (tertiary/aromatic N) is 3. The summed E-state index contributed by atoms with van der Waals surface area (Å²) in [6.45, 7) is 3.60. The van der Waals surface area contributed by atoms with Crippen LogP contribution in [0.15, 0.2) is 59.6 Å². The van der Waals surface area contributed by atoms with Gasteiger partial charge < -0.3 is 15.5 Å². The quantitative estimate of drug-likeness (QED) is 0.491. The van der Waals surface area contributed by atoms with Crippen molar-refractivity contribution in [3.05, 3.63) is 65.9 Å². The lowest BCUT2D eigenvalue weighted by molar-refractivity contribution is 0.580. The predicted octanol–water partition coefficient (Wildman–Crippen LogP) is 3.34. The van der Waals surface area contributed by atoms with Gasteiger partial charge in [-0.2, -0.15) is 4.98 Å². The molecule has 0 atom stereocenters. The lowest BCUT2D eigenvalue weighted by Gasteiger charge is -2.27. The summed E-state index contributed by atoms with van der Waals surface area (Å²) in [4.78, 5) is 11.4. The Morgan fingerprint density at radius 2 is 1.64 bits per heavy atom. The van der Waals surface area contributed by atoms with Gasteiger partial charge >= 0.3 is 0 Å². The molecule has 5 rings (SSSR count). The molecule has 1 aromatic heterocycles. The maximum Gasteiger partial charge on any atom is 0.261 e. The van der Waals surface area contributed by atoms with Crippen LogP contribution in [0.4, 0.5) is 23.1 Å². The van der Waals surface area contributed by atoms with Crippen LogP contribution in [0.5, 0.6) is 0 Å². The van der Waals surface area contributed by atoms with Gasteiger partial charge in [0.25, 0.3) is 10.0 Å². The normalized spacial score (nSPS) is 15.5. The fourth-order valence-electron chi connectivity index (χ4n) is 4.13. The van der Waals surface area contributed by atoms with Crippen molar-refractivity contribution in [2.75, 3.05) is 41.1 Å². The number of aryl methyl sites for hydroxylation is 2. The molecule has 1 aliphatic heterocycles. The van der Waals surface area contributed by atoms with E-state index < -0.39 is 10.0 Å². The number of hydrogen-bond donors (Lipinski definition) is 3. The van der Waals surface area contributed by atoms with Gasteiger partial charge in [-0.1, -0.05) is 6.07 Å². The monoisotopic (exact) mass is 486 g/mol. The highest BCUT2D eigenvalue weighted by Crippen LogP contribution is 2.26. The van der Waals surface area contributed by atoms with E-state index in [0.717, 1.165) is 56.7 Å². The van der Waals surface area contributed by atoms with E-state index in [-0.39, 0.29) is 12.4 Å². The van der Waals surface area contributed by atoms with Crippen LogP contribution in [-0.4, -0.2) is 44.6 Å². The van der Waals surface area contributed by atoms with Crippen molar-refractivity contribution < 1.29 is 8.42 Å². The van der Waals surface area contributed by atoms with E-state index in [1.165, 1.54) is 5.56 Å². The molecule has 0 unspecified atom stereocenters. The highest BCUT2D eigenvalue weighted by Gasteiger charge is 2.19. The summed E-state index contributed by atoms with van der Waals surface area (Å²) in [5.74, 6) is 1.40.